The van der Waals surface area contributed by atoms with Crippen molar-refractivity contribution in [3.63, 3.8) is 0 Å². The third-order valence-corrected chi connectivity index (χ3v) is 9.40. The first-order valence-electron chi connectivity index (χ1n) is 15.7. The number of hydrogen-bond donors (Lipinski definition) is 0. The quantitative estimate of drug-likeness (QED) is 0.181. The average Bonchev–Trinajstić information content (AvgIpc) is 3.28. The van der Waals surface area contributed by atoms with Crippen molar-refractivity contribution >= 4 is 37.7 Å². The Morgan fingerprint density at radius 3 is 1.18 bits per heavy atom. The molecule has 44 heavy (non-hydrogen) atoms. The van der Waals surface area contributed by atoms with Gasteiger partial charge in [-0.05, 0) is 97.7 Å². The van der Waals surface area contributed by atoms with Crippen LogP contribution >= 0.6 is 15.9 Å². The van der Waals surface area contributed by atoms with Crippen molar-refractivity contribution in [1.29, 1.82) is 0 Å². The lowest BCUT2D eigenvalue weighted by Gasteiger charge is -2.21. The summed E-state index contributed by atoms with van der Waals surface area (Å²) in [5.41, 5.74) is 12.9. The Morgan fingerprint density at radius 2 is 0.795 bits per heavy atom. The molecule has 6 aromatic rings. The summed E-state index contributed by atoms with van der Waals surface area (Å²) < 4.78 is 3.53. The van der Waals surface area contributed by atoms with Crippen molar-refractivity contribution in [3.05, 3.63) is 124 Å². The molecule has 0 N–H and O–H groups in total. The van der Waals surface area contributed by atoms with Crippen LogP contribution in [-0.2, 0) is 16.2 Å². The minimum atomic E-state index is 0.0378. The average molecular weight is 643 g/mol. The van der Waals surface area contributed by atoms with E-state index in [4.69, 9.17) is 0 Å². The second-order valence-corrected chi connectivity index (χ2v) is 16.3. The Labute approximate surface area is 272 Å². The van der Waals surface area contributed by atoms with Crippen LogP contribution in [0.2, 0.25) is 0 Å². The van der Waals surface area contributed by atoms with Gasteiger partial charge in [0.2, 0.25) is 0 Å². The fourth-order valence-corrected chi connectivity index (χ4v) is 6.60. The van der Waals surface area contributed by atoms with E-state index in [-0.39, 0.29) is 16.2 Å². The number of benzene rings is 5. The molecule has 1 aromatic heterocycles. The summed E-state index contributed by atoms with van der Waals surface area (Å²) in [5, 5.41) is 2.53. The lowest BCUT2D eigenvalue weighted by molar-refractivity contribution is 0.589. The molecule has 0 saturated heterocycles. The summed E-state index contributed by atoms with van der Waals surface area (Å²) in [5.74, 6) is 0. The van der Waals surface area contributed by atoms with Crippen LogP contribution in [0.15, 0.2) is 108 Å². The van der Waals surface area contributed by atoms with E-state index in [0.717, 1.165) is 4.47 Å². The summed E-state index contributed by atoms with van der Waals surface area (Å²) in [7, 11) is 0. The molecule has 6 rings (SSSR count). The van der Waals surface area contributed by atoms with E-state index in [9.17, 15) is 0 Å². The van der Waals surface area contributed by atoms with E-state index in [1.807, 2.05) is 0 Å². The molecule has 0 radical (unpaired) electrons. The molecule has 0 saturated carbocycles. The van der Waals surface area contributed by atoms with Gasteiger partial charge in [0.15, 0.2) is 0 Å². The molecule has 0 aliphatic heterocycles. The highest BCUT2D eigenvalue weighted by molar-refractivity contribution is 9.10. The second-order valence-electron chi connectivity index (χ2n) is 15.4. The van der Waals surface area contributed by atoms with Gasteiger partial charge < -0.3 is 4.57 Å². The topological polar surface area (TPSA) is 4.93 Å². The maximum atomic E-state index is 3.83. The first-order chi connectivity index (χ1) is 20.6. The van der Waals surface area contributed by atoms with Crippen molar-refractivity contribution in [2.45, 2.75) is 78.6 Å². The van der Waals surface area contributed by atoms with Crippen LogP contribution < -0.4 is 0 Å². The molecule has 0 atom stereocenters. The summed E-state index contributed by atoms with van der Waals surface area (Å²) in [6.07, 6.45) is 0. The van der Waals surface area contributed by atoms with Gasteiger partial charge in [0.25, 0.3) is 0 Å². The molecule has 0 bridgehead atoms. The summed E-state index contributed by atoms with van der Waals surface area (Å²) >= 11 is 3.83. The first-order valence-corrected chi connectivity index (χ1v) is 16.5. The van der Waals surface area contributed by atoms with Crippen LogP contribution in [0.25, 0.3) is 49.7 Å². The summed E-state index contributed by atoms with van der Waals surface area (Å²) in [6, 6.07) is 39.0. The second kappa shape index (κ2) is 10.8. The van der Waals surface area contributed by atoms with Crippen molar-refractivity contribution < 1.29 is 0 Å². The lowest BCUT2D eigenvalue weighted by atomic mass is 9.86. The lowest BCUT2D eigenvalue weighted by Crippen LogP contribution is -2.11. The first kappa shape index (κ1) is 30.4. The molecule has 0 unspecified atom stereocenters. The zero-order valence-corrected chi connectivity index (χ0v) is 29.2. The monoisotopic (exact) mass is 641 g/mol. The minimum absolute atomic E-state index is 0.0378. The van der Waals surface area contributed by atoms with Crippen molar-refractivity contribution in [2.24, 2.45) is 0 Å². The Hall–Kier alpha value is -3.62. The molecule has 5 aromatic carbocycles. The zero-order valence-electron chi connectivity index (χ0n) is 27.6. The van der Waals surface area contributed by atoms with Crippen LogP contribution in [0.1, 0.15) is 79.0 Å². The van der Waals surface area contributed by atoms with E-state index < -0.39 is 0 Å². The fourth-order valence-electron chi connectivity index (χ4n) is 6.12. The third kappa shape index (κ3) is 5.77. The van der Waals surface area contributed by atoms with Gasteiger partial charge in [-0.15, -0.1) is 0 Å². The molecule has 1 heterocycles. The van der Waals surface area contributed by atoms with Gasteiger partial charge in [0.05, 0.1) is 11.0 Å². The van der Waals surface area contributed by atoms with Gasteiger partial charge in [-0.2, -0.15) is 0 Å². The normalized spacial score (nSPS) is 12.8. The molecule has 224 valence electrons. The zero-order chi connectivity index (χ0) is 31.6. The van der Waals surface area contributed by atoms with Crippen LogP contribution in [0, 0.1) is 0 Å². The molecule has 0 spiro atoms. The predicted octanol–water partition coefficient (Wildman–Crippen LogP) is 12.8. The molecular formula is C42H44BrN. The summed E-state index contributed by atoms with van der Waals surface area (Å²) in [4.78, 5) is 0. The Bertz CT molecular complexity index is 1870. The summed E-state index contributed by atoms with van der Waals surface area (Å²) in [6.45, 7) is 20.4. The molecule has 1 nitrogen and oxygen atoms in total. The van der Waals surface area contributed by atoms with Crippen LogP contribution in [0.5, 0.6) is 0 Å². The van der Waals surface area contributed by atoms with Gasteiger partial charge >= 0.3 is 0 Å². The van der Waals surface area contributed by atoms with E-state index >= 15 is 0 Å². The molecule has 0 aliphatic rings. The largest absolute Gasteiger partial charge is 0.309 e. The minimum Gasteiger partial charge on any atom is -0.309 e. The number of halogens is 1. The highest BCUT2D eigenvalue weighted by Crippen LogP contribution is 2.39. The van der Waals surface area contributed by atoms with Crippen molar-refractivity contribution in [2.75, 3.05) is 0 Å². The fraction of sp³-hybridized carbons (Fsp3) is 0.286. The molecule has 0 aliphatic carbocycles. The van der Waals surface area contributed by atoms with Crippen molar-refractivity contribution in [3.8, 4) is 27.9 Å². The van der Waals surface area contributed by atoms with E-state index in [2.05, 4.69) is 186 Å². The molecule has 0 fully saturated rings. The molecular weight excluding hydrogens is 598 g/mol. The Balaban J connectivity index is 1.58. The predicted molar refractivity (Wildman–Crippen MR) is 195 cm³/mol. The van der Waals surface area contributed by atoms with Gasteiger partial charge in [-0.1, -0.05) is 139 Å². The van der Waals surface area contributed by atoms with Gasteiger partial charge in [-0.25, -0.2) is 0 Å². The Morgan fingerprint density at radius 1 is 0.409 bits per heavy atom. The number of rotatable bonds is 3. The molecule has 2 heteroatoms. The highest BCUT2D eigenvalue weighted by atomic mass is 79.9. The van der Waals surface area contributed by atoms with Gasteiger partial charge in [0, 0.05) is 20.9 Å². The van der Waals surface area contributed by atoms with Crippen LogP contribution in [-0.4, -0.2) is 4.57 Å². The maximum Gasteiger partial charge on any atom is 0.0541 e. The van der Waals surface area contributed by atoms with E-state index in [1.54, 1.807) is 0 Å². The highest BCUT2D eigenvalue weighted by Gasteiger charge is 2.20. The SMILES string of the molecule is CC(C)(C)c1ccc(-c2ccc3c(c2)c2cc(-c4ccc(C(C)(C)C)cc4)ccc2n3-c2cc(Br)cc(C(C)(C)C)c2)cc1. The Kier molecular flexibility index (Phi) is 7.45. The number of aromatic nitrogens is 1. The van der Waals surface area contributed by atoms with E-state index in [1.165, 1.54) is 66.4 Å². The smallest absolute Gasteiger partial charge is 0.0541 e. The number of hydrogen-bond acceptors (Lipinski definition) is 0. The van der Waals surface area contributed by atoms with Crippen LogP contribution in [0.4, 0.5) is 0 Å². The third-order valence-electron chi connectivity index (χ3n) is 8.94. The van der Waals surface area contributed by atoms with Gasteiger partial charge in [-0.3, -0.25) is 0 Å². The standard InChI is InChI=1S/C42H44BrN/c1-40(2,3)31-16-10-27(11-17-31)29-14-20-38-36(22-29)37-23-30(28-12-18-32(19-13-28)41(4,5)6)15-21-39(37)44(38)35-25-33(42(7,8)9)24-34(43)26-35/h10-26H,1-9H3. The number of fused-ring (bicyclic) bond motifs is 3. The van der Waals surface area contributed by atoms with E-state index in [0.29, 0.717) is 0 Å². The number of nitrogens with zero attached hydrogens (tertiary/aromatic N) is 1. The van der Waals surface area contributed by atoms with Gasteiger partial charge in [0.1, 0.15) is 0 Å². The molecule has 0 amide bonds. The van der Waals surface area contributed by atoms with Crippen molar-refractivity contribution in [1.82, 2.24) is 4.57 Å². The van der Waals surface area contributed by atoms with Crippen LogP contribution in [0.3, 0.4) is 0 Å². The maximum absolute atomic E-state index is 3.83.